The Labute approximate surface area is 155 Å². The Kier molecular flexibility index (Phi) is 5.50. The van der Waals surface area contributed by atoms with E-state index in [0.717, 1.165) is 40.8 Å². The van der Waals surface area contributed by atoms with Crippen molar-refractivity contribution in [3.63, 3.8) is 0 Å². The SMILES string of the molecule is CCCCCCOc1cccc2cccc(/C=C3\NNC(=O)C3(C)C)c12. The highest BCUT2D eigenvalue weighted by Crippen LogP contribution is 2.34. The number of nitrogens with one attached hydrogen (secondary N) is 2. The van der Waals surface area contributed by atoms with Gasteiger partial charge in [0.05, 0.1) is 12.0 Å². The van der Waals surface area contributed by atoms with Crippen LogP contribution in [0.5, 0.6) is 5.75 Å². The number of carbonyl (C=O) groups is 1. The zero-order valence-electron chi connectivity index (χ0n) is 15.9. The number of unbranched alkanes of at least 4 members (excludes halogenated alkanes) is 3. The first-order valence-electron chi connectivity index (χ1n) is 9.47. The molecule has 0 aliphatic carbocycles. The van der Waals surface area contributed by atoms with Gasteiger partial charge in [-0.05, 0) is 43.4 Å². The van der Waals surface area contributed by atoms with Gasteiger partial charge in [-0.15, -0.1) is 0 Å². The number of hydrogen-bond donors (Lipinski definition) is 2. The number of carbonyl (C=O) groups excluding carboxylic acids is 1. The van der Waals surface area contributed by atoms with Crippen LogP contribution in [0.15, 0.2) is 42.1 Å². The van der Waals surface area contributed by atoms with E-state index in [2.05, 4.69) is 36.0 Å². The topological polar surface area (TPSA) is 50.4 Å². The summed E-state index contributed by atoms with van der Waals surface area (Å²) in [6.07, 6.45) is 6.79. The van der Waals surface area contributed by atoms with Gasteiger partial charge in [-0.25, -0.2) is 0 Å². The van der Waals surface area contributed by atoms with Gasteiger partial charge in [0.15, 0.2) is 0 Å². The van der Waals surface area contributed by atoms with Crippen LogP contribution in [-0.2, 0) is 4.79 Å². The molecule has 0 unspecified atom stereocenters. The molecule has 2 aromatic carbocycles. The molecule has 2 aromatic rings. The summed E-state index contributed by atoms with van der Waals surface area (Å²) in [5, 5.41) is 2.23. The quantitative estimate of drug-likeness (QED) is 0.704. The van der Waals surface area contributed by atoms with Gasteiger partial charge in [0.25, 0.3) is 0 Å². The summed E-state index contributed by atoms with van der Waals surface area (Å²) in [7, 11) is 0. The van der Waals surface area contributed by atoms with Crippen LogP contribution in [0.4, 0.5) is 0 Å². The van der Waals surface area contributed by atoms with Crippen molar-refractivity contribution < 1.29 is 9.53 Å². The maximum Gasteiger partial charge on any atom is 0.249 e. The number of hydrazine groups is 1. The van der Waals surface area contributed by atoms with E-state index in [1.807, 2.05) is 38.1 Å². The van der Waals surface area contributed by atoms with Crippen LogP contribution in [0.25, 0.3) is 16.8 Å². The van der Waals surface area contributed by atoms with E-state index in [-0.39, 0.29) is 5.91 Å². The van der Waals surface area contributed by atoms with E-state index >= 15 is 0 Å². The lowest BCUT2D eigenvalue weighted by atomic mass is 9.88. The average molecular weight is 352 g/mol. The van der Waals surface area contributed by atoms with E-state index in [1.54, 1.807) is 0 Å². The summed E-state index contributed by atoms with van der Waals surface area (Å²) in [5.74, 6) is 0.887. The molecule has 0 bridgehead atoms. The largest absolute Gasteiger partial charge is 0.493 e. The van der Waals surface area contributed by atoms with Crippen LogP contribution >= 0.6 is 0 Å². The average Bonchev–Trinajstić information content (AvgIpc) is 2.88. The molecule has 1 fully saturated rings. The van der Waals surface area contributed by atoms with E-state index in [9.17, 15) is 4.79 Å². The van der Waals surface area contributed by atoms with Gasteiger partial charge in [-0.3, -0.25) is 10.2 Å². The summed E-state index contributed by atoms with van der Waals surface area (Å²) >= 11 is 0. The van der Waals surface area contributed by atoms with Crippen molar-refractivity contribution in [1.82, 2.24) is 10.9 Å². The molecule has 0 saturated carbocycles. The van der Waals surface area contributed by atoms with Crippen LogP contribution in [-0.4, -0.2) is 12.5 Å². The Hall–Kier alpha value is -2.49. The first-order valence-corrected chi connectivity index (χ1v) is 9.47. The standard InChI is InChI=1S/C22H28N2O2/c1-4-5-6-7-14-26-18-13-9-11-16-10-8-12-17(20(16)18)15-19-22(2,3)21(25)24-23-19/h8-13,15,23H,4-7,14H2,1-3H3,(H,24,25)/b19-15-. The van der Waals surface area contributed by atoms with Crippen LogP contribution in [0.3, 0.4) is 0 Å². The lowest BCUT2D eigenvalue weighted by Gasteiger charge is -2.16. The minimum atomic E-state index is -0.571. The fourth-order valence-corrected chi connectivity index (χ4v) is 3.22. The minimum Gasteiger partial charge on any atom is -0.493 e. The third kappa shape index (κ3) is 3.69. The van der Waals surface area contributed by atoms with Crippen LogP contribution in [0.2, 0.25) is 0 Å². The Morgan fingerprint density at radius 2 is 1.81 bits per heavy atom. The number of rotatable bonds is 7. The summed E-state index contributed by atoms with van der Waals surface area (Å²) < 4.78 is 6.11. The normalized spacial score (nSPS) is 17.3. The maximum absolute atomic E-state index is 12.0. The van der Waals surface area contributed by atoms with Gasteiger partial charge < -0.3 is 10.2 Å². The predicted octanol–water partition coefficient (Wildman–Crippen LogP) is 4.80. The molecule has 0 spiro atoms. The first kappa shape index (κ1) is 18.3. The maximum atomic E-state index is 12.0. The number of hydrogen-bond acceptors (Lipinski definition) is 3. The predicted molar refractivity (Wildman–Crippen MR) is 107 cm³/mol. The monoisotopic (exact) mass is 352 g/mol. The molecule has 138 valence electrons. The molecule has 2 N–H and O–H groups in total. The Morgan fingerprint density at radius 1 is 1.04 bits per heavy atom. The second-order valence-corrected chi connectivity index (χ2v) is 7.37. The van der Waals surface area contributed by atoms with Gasteiger partial charge in [0.1, 0.15) is 5.75 Å². The van der Waals surface area contributed by atoms with Gasteiger partial charge >= 0.3 is 0 Å². The van der Waals surface area contributed by atoms with Crippen LogP contribution in [0.1, 0.15) is 52.0 Å². The van der Waals surface area contributed by atoms with Crippen LogP contribution < -0.4 is 15.6 Å². The van der Waals surface area contributed by atoms with Gasteiger partial charge in [-0.2, -0.15) is 0 Å². The molecule has 1 saturated heterocycles. The molecule has 4 heteroatoms. The molecule has 1 aliphatic heterocycles. The molecule has 1 amide bonds. The number of benzene rings is 2. The highest BCUT2D eigenvalue weighted by molar-refractivity contribution is 5.97. The zero-order chi connectivity index (χ0) is 18.6. The third-order valence-corrected chi connectivity index (χ3v) is 5.01. The number of ether oxygens (including phenoxy) is 1. The van der Waals surface area contributed by atoms with Crippen molar-refractivity contribution in [1.29, 1.82) is 0 Å². The first-order chi connectivity index (χ1) is 12.5. The number of amides is 1. The molecular formula is C22H28N2O2. The fourth-order valence-electron chi connectivity index (χ4n) is 3.22. The van der Waals surface area contributed by atoms with Crippen molar-refractivity contribution in [3.8, 4) is 5.75 Å². The summed E-state index contributed by atoms with van der Waals surface area (Å²) in [5.41, 5.74) is 7.08. The van der Waals surface area contributed by atoms with Crippen molar-refractivity contribution in [2.24, 2.45) is 5.41 Å². The van der Waals surface area contributed by atoms with Gasteiger partial charge in [0, 0.05) is 11.1 Å². The smallest absolute Gasteiger partial charge is 0.249 e. The van der Waals surface area contributed by atoms with Gasteiger partial charge in [0.2, 0.25) is 5.91 Å². The van der Waals surface area contributed by atoms with Crippen molar-refractivity contribution in [2.75, 3.05) is 6.61 Å². The molecule has 26 heavy (non-hydrogen) atoms. The molecular weight excluding hydrogens is 324 g/mol. The van der Waals surface area contributed by atoms with Crippen molar-refractivity contribution in [2.45, 2.75) is 46.5 Å². The van der Waals surface area contributed by atoms with Crippen LogP contribution in [0, 0.1) is 5.41 Å². The molecule has 0 aromatic heterocycles. The molecule has 4 nitrogen and oxygen atoms in total. The lowest BCUT2D eigenvalue weighted by molar-refractivity contribution is -0.125. The molecule has 0 atom stereocenters. The second kappa shape index (κ2) is 7.81. The summed E-state index contributed by atoms with van der Waals surface area (Å²) in [6, 6.07) is 12.4. The number of fused-ring (bicyclic) bond motifs is 1. The van der Waals surface area contributed by atoms with Crippen molar-refractivity contribution >= 4 is 22.8 Å². The molecule has 0 radical (unpaired) electrons. The lowest BCUT2D eigenvalue weighted by Crippen LogP contribution is -2.28. The van der Waals surface area contributed by atoms with Crippen molar-refractivity contribution in [3.05, 3.63) is 47.7 Å². The summed E-state index contributed by atoms with van der Waals surface area (Å²) in [6.45, 7) is 6.78. The molecule has 1 heterocycles. The van der Waals surface area contributed by atoms with E-state index < -0.39 is 5.41 Å². The third-order valence-electron chi connectivity index (χ3n) is 5.01. The highest BCUT2D eigenvalue weighted by Gasteiger charge is 2.37. The Bertz CT molecular complexity index is 819. The summed E-state index contributed by atoms with van der Waals surface area (Å²) in [4.78, 5) is 12.0. The zero-order valence-corrected chi connectivity index (χ0v) is 15.9. The minimum absolute atomic E-state index is 0.0172. The van der Waals surface area contributed by atoms with Gasteiger partial charge in [-0.1, -0.05) is 56.5 Å². The molecule has 3 rings (SSSR count). The Balaban J connectivity index is 1.92. The van der Waals surface area contributed by atoms with E-state index in [0.29, 0.717) is 0 Å². The van der Waals surface area contributed by atoms with E-state index in [1.165, 1.54) is 19.3 Å². The van der Waals surface area contributed by atoms with E-state index in [4.69, 9.17) is 4.74 Å². The highest BCUT2D eigenvalue weighted by atomic mass is 16.5. The Morgan fingerprint density at radius 3 is 2.50 bits per heavy atom. The fraction of sp³-hybridized carbons (Fsp3) is 0.409. The molecule has 1 aliphatic rings. The second-order valence-electron chi connectivity index (χ2n) is 7.37.